The molecule has 2 amide bonds. The third-order valence-electron chi connectivity index (χ3n) is 6.69. The molecule has 9 heteroatoms. The van der Waals surface area contributed by atoms with E-state index in [9.17, 15) is 18.0 Å². The second-order valence-corrected chi connectivity index (χ2v) is 13.1. The molecule has 0 aromatic heterocycles. The van der Waals surface area contributed by atoms with E-state index in [1.165, 1.54) is 4.90 Å². The number of carbonyl (C=O) groups is 2. The van der Waals surface area contributed by atoms with Crippen LogP contribution in [-0.2, 0) is 32.6 Å². The molecule has 0 saturated heterocycles. The van der Waals surface area contributed by atoms with Crippen molar-refractivity contribution in [2.45, 2.75) is 59.2 Å². The standard InChI is InChI=1S/C31H38BrN3O4S/c1-6-24(4)33-31(37)29(19-25-11-8-7-9-12-25)34(20-26-13-10-14-27(32)18-26)30(36)21-35(40(5,38)39)28-16-22(2)15-23(3)17-28/h7-18,24,29H,6,19-21H2,1-5H3,(H,33,37)/t24-,29+/m0/s1. The number of nitrogens with zero attached hydrogens (tertiary/aromatic N) is 2. The van der Waals surface area contributed by atoms with E-state index in [1.807, 2.05) is 88.4 Å². The molecule has 0 unspecified atom stereocenters. The van der Waals surface area contributed by atoms with Gasteiger partial charge in [0.1, 0.15) is 12.6 Å². The van der Waals surface area contributed by atoms with Crippen LogP contribution in [-0.4, -0.2) is 50.0 Å². The molecule has 0 fully saturated rings. The average Bonchev–Trinajstić information content (AvgIpc) is 2.88. The van der Waals surface area contributed by atoms with Crippen molar-refractivity contribution in [3.63, 3.8) is 0 Å². The summed E-state index contributed by atoms with van der Waals surface area (Å²) in [4.78, 5) is 29.4. The third kappa shape index (κ3) is 8.93. The Kier molecular flexibility index (Phi) is 10.9. The highest BCUT2D eigenvalue weighted by Crippen LogP contribution is 2.23. The van der Waals surface area contributed by atoms with Gasteiger partial charge in [-0.15, -0.1) is 0 Å². The zero-order valence-corrected chi connectivity index (χ0v) is 26.1. The lowest BCUT2D eigenvalue weighted by Gasteiger charge is -2.34. The van der Waals surface area contributed by atoms with Gasteiger partial charge in [0.2, 0.25) is 21.8 Å². The van der Waals surface area contributed by atoms with Crippen LogP contribution in [0, 0.1) is 13.8 Å². The molecule has 3 rings (SSSR count). The van der Waals surface area contributed by atoms with E-state index in [2.05, 4.69) is 21.2 Å². The molecule has 0 spiro atoms. The first kappa shape index (κ1) is 31.4. The maximum Gasteiger partial charge on any atom is 0.244 e. The lowest BCUT2D eigenvalue weighted by Crippen LogP contribution is -2.54. The molecule has 0 bridgehead atoms. The van der Waals surface area contributed by atoms with Gasteiger partial charge in [-0.05, 0) is 73.7 Å². The van der Waals surface area contributed by atoms with Crippen LogP contribution in [0.4, 0.5) is 5.69 Å². The van der Waals surface area contributed by atoms with Crippen molar-refractivity contribution < 1.29 is 18.0 Å². The lowest BCUT2D eigenvalue weighted by atomic mass is 10.0. The first-order valence-electron chi connectivity index (χ1n) is 13.3. The summed E-state index contributed by atoms with van der Waals surface area (Å²) in [6, 6.07) is 21.6. The summed E-state index contributed by atoms with van der Waals surface area (Å²) >= 11 is 3.49. The highest BCUT2D eigenvalue weighted by Gasteiger charge is 2.33. The summed E-state index contributed by atoms with van der Waals surface area (Å²) in [7, 11) is -3.81. The van der Waals surface area contributed by atoms with Crippen molar-refractivity contribution in [1.29, 1.82) is 0 Å². The van der Waals surface area contributed by atoms with E-state index in [0.29, 0.717) is 5.69 Å². The molecule has 214 valence electrons. The predicted molar refractivity (Wildman–Crippen MR) is 165 cm³/mol. The number of halogens is 1. The van der Waals surface area contributed by atoms with Crippen LogP contribution in [0.15, 0.2) is 77.3 Å². The normalized spacial score (nSPS) is 12.8. The van der Waals surface area contributed by atoms with Gasteiger partial charge in [-0.2, -0.15) is 0 Å². The fraction of sp³-hybridized carbons (Fsp3) is 0.355. The quantitative estimate of drug-likeness (QED) is 0.292. The smallest absolute Gasteiger partial charge is 0.244 e. The molecule has 0 radical (unpaired) electrons. The third-order valence-corrected chi connectivity index (χ3v) is 8.32. The van der Waals surface area contributed by atoms with Gasteiger partial charge >= 0.3 is 0 Å². The first-order valence-corrected chi connectivity index (χ1v) is 16.0. The van der Waals surface area contributed by atoms with E-state index in [0.717, 1.165) is 43.7 Å². The zero-order chi connectivity index (χ0) is 29.4. The number of amides is 2. The van der Waals surface area contributed by atoms with Crippen LogP contribution in [0.5, 0.6) is 0 Å². The van der Waals surface area contributed by atoms with Gasteiger partial charge in [0.05, 0.1) is 11.9 Å². The van der Waals surface area contributed by atoms with Gasteiger partial charge in [0.15, 0.2) is 0 Å². The second-order valence-electron chi connectivity index (χ2n) is 10.3. The maximum atomic E-state index is 14.2. The van der Waals surface area contributed by atoms with Crippen LogP contribution >= 0.6 is 15.9 Å². The molecule has 0 heterocycles. The maximum absolute atomic E-state index is 14.2. The van der Waals surface area contributed by atoms with Crippen molar-refractivity contribution in [3.8, 4) is 0 Å². The van der Waals surface area contributed by atoms with E-state index < -0.39 is 28.5 Å². The monoisotopic (exact) mass is 627 g/mol. The Hall–Kier alpha value is -3.17. The van der Waals surface area contributed by atoms with Crippen molar-refractivity contribution >= 4 is 43.5 Å². The number of hydrogen-bond acceptors (Lipinski definition) is 4. The predicted octanol–water partition coefficient (Wildman–Crippen LogP) is 5.39. The van der Waals surface area contributed by atoms with Crippen molar-refractivity contribution in [2.24, 2.45) is 0 Å². The molecule has 3 aromatic rings. The number of anilines is 1. The minimum Gasteiger partial charge on any atom is -0.352 e. The molecular weight excluding hydrogens is 590 g/mol. The summed E-state index contributed by atoms with van der Waals surface area (Å²) in [6.45, 7) is 7.37. The average molecular weight is 629 g/mol. The molecule has 2 atom stereocenters. The van der Waals surface area contributed by atoms with Gasteiger partial charge in [-0.3, -0.25) is 13.9 Å². The summed E-state index contributed by atoms with van der Waals surface area (Å²) in [5.74, 6) is -0.747. The van der Waals surface area contributed by atoms with Gasteiger partial charge < -0.3 is 10.2 Å². The summed E-state index contributed by atoms with van der Waals surface area (Å²) < 4.78 is 27.9. The molecule has 0 aliphatic carbocycles. The largest absolute Gasteiger partial charge is 0.352 e. The number of aryl methyl sites for hydroxylation is 2. The number of benzene rings is 3. The summed E-state index contributed by atoms with van der Waals surface area (Å²) in [5.41, 5.74) is 3.90. The van der Waals surface area contributed by atoms with E-state index in [1.54, 1.807) is 12.1 Å². The van der Waals surface area contributed by atoms with Crippen LogP contribution in [0.1, 0.15) is 42.5 Å². The SMILES string of the molecule is CC[C@H](C)NC(=O)[C@@H](Cc1ccccc1)N(Cc1cccc(Br)c1)C(=O)CN(c1cc(C)cc(C)c1)S(C)(=O)=O. The van der Waals surface area contributed by atoms with E-state index in [4.69, 9.17) is 0 Å². The van der Waals surface area contributed by atoms with E-state index >= 15 is 0 Å². The molecule has 7 nitrogen and oxygen atoms in total. The lowest BCUT2D eigenvalue weighted by molar-refractivity contribution is -0.140. The van der Waals surface area contributed by atoms with Crippen LogP contribution in [0.3, 0.4) is 0 Å². The Morgan fingerprint density at radius 3 is 2.12 bits per heavy atom. The van der Waals surface area contributed by atoms with Crippen LogP contribution in [0.25, 0.3) is 0 Å². The number of sulfonamides is 1. The van der Waals surface area contributed by atoms with Crippen molar-refractivity contribution in [3.05, 3.63) is 99.5 Å². The summed E-state index contributed by atoms with van der Waals surface area (Å²) in [5, 5.41) is 3.04. The van der Waals surface area contributed by atoms with Crippen molar-refractivity contribution in [2.75, 3.05) is 17.1 Å². The van der Waals surface area contributed by atoms with E-state index in [-0.39, 0.29) is 24.9 Å². The molecule has 3 aromatic carbocycles. The topological polar surface area (TPSA) is 86.8 Å². The van der Waals surface area contributed by atoms with Gasteiger partial charge in [0, 0.05) is 23.5 Å². The molecular formula is C31H38BrN3O4S. The highest BCUT2D eigenvalue weighted by molar-refractivity contribution is 9.10. The minimum absolute atomic E-state index is 0.0867. The Morgan fingerprint density at radius 1 is 0.925 bits per heavy atom. The first-order chi connectivity index (χ1) is 18.9. The Balaban J connectivity index is 2.08. The Labute approximate surface area is 246 Å². The molecule has 0 aliphatic rings. The van der Waals surface area contributed by atoms with Crippen LogP contribution < -0.4 is 9.62 Å². The van der Waals surface area contributed by atoms with Gasteiger partial charge in [0.25, 0.3) is 0 Å². The fourth-order valence-electron chi connectivity index (χ4n) is 4.54. The second kappa shape index (κ2) is 13.9. The highest BCUT2D eigenvalue weighted by atomic mass is 79.9. The fourth-order valence-corrected chi connectivity index (χ4v) is 5.82. The Morgan fingerprint density at radius 2 is 1.55 bits per heavy atom. The van der Waals surface area contributed by atoms with Gasteiger partial charge in [-0.1, -0.05) is 71.4 Å². The molecule has 1 N–H and O–H groups in total. The minimum atomic E-state index is -3.81. The Bertz CT molecular complexity index is 1410. The molecule has 40 heavy (non-hydrogen) atoms. The molecule has 0 saturated carbocycles. The van der Waals surface area contributed by atoms with Crippen molar-refractivity contribution in [1.82, 2.24) is 10.2 Å². The number of rotatable bonds is 12. The zero-order valence-electron chi connectivity index (χ0n) is 23.7. The van der Waals surface area contributed by atoms with Crippen LogP contribution in [0.2, 0.25) is 0 Å². The van der Waals surface area contributed by atoms with Gasteiger partial charge in [-0.25, -0.2) is 8.42 Å². The number of carbonyl (C=O) groups excluding carboxylic acids is 2. The number of nitrogens with one attached hydrogen (secondary N) is 1. The summed E-state index contributed by atoms with van der Waals surface area (Å²) in [6.07, 6.45) is 2.11. The molecule has 0 aliphatic heterocycles. The number of hydrogen-bond donors (Lipinski definition) is 1.